The minimum Gasteiger partial charge on any atom is -0.492 e. The van der Waals surface area contributed by atoms with Gasteiger partial charge >= 0.3 is 0 Å². The van der Waals surface area contributed by atoms with E-state index in [1.807, 2.05) is 37.4 Å². The maximum atomic E-state index is 13.7. The van der Waals surface area contributed by atoms with Gasteiger partial charge in [-0.05, 0) is 73.4 Å². The fourth-order valence-electron chi connectivity index (χ4n) is 3.50. The second-order valence-electron chi connectivity index (χ2n) is 7.94. The number of anilines is 1. The molecule has 3 aromatic rings. The maximum Gasteiger partial charge on any atom is 0.264 e. The third kappa shape index (κ3) is 8.33. The van der Waals surface area contributed by atoms with E-state index in [2.05, 4.69) is 5.32 Å². The van der Waals surface area contributed by atoms with Crippen molar-refractivity contribution in [2.75, 3.05) is 36.0 Å². The molecule has 0 saturated carbocycles. The Balaban J connectivity index is 1.67. The number of carbonyl (C=O) groups is 1. The summed E-state index contributed by atoms with van der Waals surface area (Å²) in [6.07, 6.45) is 2.67. The Labute approximate surface area is 233 Å². The van der Waals surface area contributed by atoms with E-state index in [4.69, 9.17) is 16.3 Å². The summed E-state index contributed by atoms with van der Waals surface area (Å²) in [5.74, 6) is 1.65. The van der Waals surface area contributed by atoms with Crippen LogP contribution in [0.2, 0.25) is 5.02 Å². The first-order valence-electron chi connectivity index (χ1n) is 11.8. The molecule has 0 saturated heterocycles. The van der Waals surface area contributed by atoms with Crippen molar-refractivity contribution in [3.05, 3.63) is 83.4 Å². The van der Waals surface area contributed by atoms with Crippen molar-refractivity contribution in [2.45, 2.75) is 28.9 Å². The van der Waals surface area contributed by atoms with Crippen LogP contribution in [0.25, 0.3) is 0 Å². The van der Waals surface area contributed by atoms with Gasteiger partial charge in [-0.3, -0.25) is 9.10 Å². The molecule has 0 atom stereocenters. The monoisotopic (exact) mass is 578 g/mol. The van der Waals surface area contributed by atoms with E-state index in [9.17, 15) is 13.2 Å². The molecule has 0 aliphatic heterocycles. The number of rotatable bonds is 14. The van der Waals surface area contributed by atoms with Crippen LogP contribution >= 0.6 is 35.1 Å². The predicted octanol–water partition coefficient (Wildman–Crippen LogP) is 6.10. The van der Waals surface area contributed by atoms with E-state index in [1.165, 1.54) is 11.8 Å². The molecule has 3 rings (SSSR count). The van der Waals surface area contributed by atoms with E-state index in [0.29, 0.717) is 24.6 Å². The Morgan fingerprint density at radius 2 is 1.73 bits per heavy atom. The largest absolute Gasteiger partial charge is 0.492 e. The van der Waals surface area contributed by atoms with E-state index in [1.54, 1.807) is 60.3 Å². The fraction of sp³-hybridized carbons (Fsp3) is 0.296. The van der Waals surface area contributed by atoms with Gasteiger partial charge in [-0.25, -0.2) is 8.42 Å². The van der Waals surface area contributed by atoms with Crippen molar-refractivity contribution in [3.63, 3.8) is 0 Å². The van der Waals surface area contributed by atoms with Crippen LogP contribution in [0.15, 0.2) is 82.6 Å². The van der Waals surface area contributed by atoms with Gasteiger partial charge in [0.25, 0.3) is 10.0 Å². The zero-order valence-corrected chi connectivity index (χ0v) is 24.1. The van der Waals surface area contributed by atoms with E-state index >= 15 is 0 Å². The van der Waals surface area contributed by atoms with Gasteiger partial charge in [0.1, 0.15) is 12.3 Å². The molecule has 37 heavy (non-hydrogen) atoms. The van der Waals surface area contributed by atoms with Crippen LogP contribution in [0, 0.1) is 0 Å². The molecule has 10 heteroatoms. The molecule has 1 amide bonds. The Hall–Kier alpha value is -2.33. The average molecular weight is 579 g/mol. The van der Waals surface area contributed by atoms with E-state index in [-0.39, 0.29) is 17.3 Å². The summed E-state index contributed by atoms with van der Waals surface area (Å²) in [6, 6.07) is 21.2. The molecule has 3 aromatic carbocycles. The molecule has 0 heterocycles. The Morgan fingerprint density at radius 1 is 1.03 bits per heavy atom. The van der Waals surface area contributed by atoms with Crippen molar-refractivity contribution in [1.29, 1.82) is 0 Å². The van der Waals surface area contributed by atoms with Gasteiger partial charge in [0, 0.05) is 22.2 Å². The molecule has 198 valence electrons. The number of hydrogen-bond acceptors (Lipinski definition) is 6. The van der Waals surface area contributed by atoms with Crippen LogP contribution in [-0.4, -0.2) is 46.0 Å². The molecule has 0 aliphatic rings. The highest BCUT2D eigenvalue weighted by Gasteiger charge is 2.29. The van der Waals surface area contributed by atoms with Crippen LogP contribution in [-0.2, 0) is 20.6 Å². The second kappa shape index (κ2) is 14.6. The number of hydrogen-bond donors (Lipinski definition) is 1. The summed E-state index contributed by atoms with van der Waals surface area (Å²) in [6.45, 7) is 2.28. The fourth-order valence-corrected chi connectivity index (χ4v) is 6.59. The second-order valence-corrected chi connectivity index (χ2v) is 12.2. The summed E-state index contributed by atoms with van der Waals surface area (Å²) in [7, 11) is -4.02. The molecule has 0 spiro atoms. The van der Waals surface area contributed by atoms with Gasteiger partial charge in [0.05, 0.1) is 17.2 Å². The SMILES string of the molecule is CCOc1ccccc1N(CC(=O)NCCCSCc1ccccc1Cl)S(=O)(=O)c1ccc(SC)cc1. The van der Waals surface area contributed by atoms with Crippen LogP contribution in [0.5, 0.6) is 5.75 Å². The van der Waals surface area contributed by atoms with E-state index in [0.717, 1.165) is 37.7 Å². The third-order valence-electron chi connectivity index (χ3n) is 5.37. The molecule has 6 nitrogen and oxygen atoms in total. The highest BCUT2D eigenvalue weighted by atomic mass is 35.5. The van der Waals surface area contributed by atoms with Crippen LogP contribution in [0.1, 0.15) is 18.9 Å². The van der Waals surface area contributed by atoms with Gasteiger partial charge in [0.2, 0.25) is 5.91 Å². The lowest BCUT2D eigenvalue weighted by molar-refractivity contribution is -0.119. The highest BCUT2D eigenvalue weighted by molar-refractivity contribution is 7.98. The van der Waals surface area contributed by atoms with Crippen LogP contribution in [0.4, 0.5) is 5.69 Å². The quantitative estimate of drug-likeness (QED) is 0.184. The molecule has 0 radical (unpaired) electrons. The number of carbonyl (C=O) groups excluding carboxylic acids is 1. The minimum atomic E-state index is -4.02. The first kappa shape index (κ1) is 29.2. The van der Waals surface area contributed by atoms with Gasteiger partial charge in [-0.2, -0.15) is 11.8 Å². The maximum absolute atomic E-state index is 13.7. The van der Waals surface area contributed by atoms with Crippen molar-refractivity contribution < 1.29 is 17.9 Å². The zero-order valence-electron chi connectivity index (χ0n) is 20.9. The molecule has 0 bridgehead atoms. The number of halogens is 1. The van der Waals surface area contributed by atoms with Crippen molar-refractivity contribution >= 4 is 56.7 Å². The van der Waals surface area contributed by atoms with Gasteiger partial charge in [-0.1, -0.05) is 41.9 Å². The number of para-hydroxylation sites is 2. The summed E-state index contributed by atoms with van der Waals surface area (Å²) < 4.78 is 34.1. The topological polar surface area (TPSA) is 75.7 Å². The predicted molar refractivity (Wildman–Crippen MR) is 156 cm³/mol. The molecular weight excluding hydrogens is 548 g/mol. The molecule has 0 aliphatic carbocycles. The van der Waals surface area contributed by atoms with Gasteiger partial charge in [0.15, 0.2) is 0 Å². The number of amides is 1. The average Bonchev–Trinajstić information content (AvgIpc) is 2.91. The van der Waals surface area contributed by atoms with E-state index < -0.39 is 10.0 Å². The van der Waals surface area contributed by atoms with Crippen molar-refractivity contribution in [2.24, 2.45) is 0 Å². The molecule has 0 fully saturated rings. The molecule has 0 aromatic heterocycles. The summed E-state index contributed by atoms with van der Waals surface area (Å²) >= 11 is 9.46. The number of ether oxygens (including phenoxy) is 1. The summed E-state index contributed by atoms with van der Waals surface area (Å²) in [5.41, 5.74) is 1.40. The molecule has 0 unspecified atom stereocenters. The lowest BCUT2D eigenvalue weighted by Crippen LogP contribution is -2.41. The number of nitrogens with zero attached hydrogens (tertiary/aromatic N) is 1. The number of benzene rings is 3. The normalized spacial score (nSPS) is 11.2. The third-order valence-corrected chi connectivity index (χ3v) is 9.35. The lowest BCUT2D eigenvalue weighted by atomic mass is 10.2. The summed E-state index contributed by atoms with van der Waals surface area (Å²) in [4.78, 5) is 13.9. The standard InChI is InChI=1S/C27H31ClN2O4S3/c1-3-34-26-12-7-6-11-25(26)30(37(32,33)23-15-13-22(35-2)14-16-23)19-27(31)29-17-8-18-36-20-21-9-4-5-10-24(21)28/h4-7,9-16H,3,8,17-20H2,1-2H3,(H,29,31). The van der Waals surface area contributed by atoms with Crippen LogP contribution < -0.4 is 14.4 Å². The lowest BCUT2D eigenvalue weighted by Gasteiger charge is -2.26. The first-order chi connectivity index (χ1) is 17.9. The van der Waals surface area contributed by atoms with Crippen LogP contribution in [0.3, 0.4) is 0 Å². The highest BCUT2D eigenvalue weighted by Crippen LogP contribution is 2.33. The van der Waals surface area contributed by atoms with Gasteiger partial charge < -0.3 is 10.1 Å². The number of thioether (sulfide) groups is 2. The van der Waals surface area contributed by atoms with Gasteiger partial charge in [-0.15, -0.1) is 11.8 Å². The van der Waals surface area contributed by atoms with Crippen molar-refractivity contribution in [1.82, 2.24) is 5.32 Å². The Bertz CT molecular complexity index is 1270. The molecule has 1 N–H and O–H groups in total. The Morgan fingerprint density at radius 3 is 2.43 bits per heavy atom. The Kier molecular flexibility index (Phi) is 11.5. The van der Waals surface area contributed by atoms with Crippen molar-refractivity contribution in [3.8, 4) is 5.75 Å². The zero-order chi connectivity index (χ0) is 26.7. The number of nitrogens with one attached hydrogen (secondary N) is 1. The molecular formula is C27H31ClN2O4S3. The summed E-state index contributed by atoms with van der Waals surface area (Å²) in [5, 5.41) is 3.61. The number of sulfonamides is 1. The minimum absolute atomic E-state index is 0.111. The smallest absolute Gasteiger partial charge is 0.264 e. The first-order valence-corrected chi connectivity index (χ1v) is 16.0.